The minimum absolute atomic E-state index is 0.0798. The summed E-state index contributed by atoms with van der Waals surface area (Å²) in [7, 11) is 1.56. The summed E-state index contributed by atoms with van der Waals surface area (Å²) in [6, 6.07) is -0.523. The molecule has 1 atom stereocenters. The molecule has 2 saturated carbocycles. The third-order valence-corrected chi connectivity index (χ3v) is 3.63. The number of hydrogen-bond acceptors (Lipinski definition) is 3. The van der Waals surface area contributed by atoms with E-state index < -0.39 is 6.04 Å². The van der Waals surface area contributed by atoms with Gasteiger partial charge in [-0.25, -0.2) is 0 Å². The van der Waals surface area contributed by atoms with Crippen LogP contribution in [0.5, 0.6) is 0 Å². The Balaban J connectivity index is 1.71. The van der Waals surface area contributed by atoms with Gasteiger partial charge in [0.2, 0.25) is 5.91 Å². The number of carbonyl (C=O) groups excluding carboxylic acids is 1. The summed E-state index contributed by atoms with van der Waals surface area (Å²) in [4.78, 5) is 11.5. The average molecular weight is 212 g/mol. The van der Waals surface area contributed by atoms with Crippen LogP contribution >= 0.6 is 0 Å². The highest BCUT2D eigenvalue weighted by molar-refractivity contribution is 5.81. The molecule has 86 valence electrons. The molecule has 2 fully saturated rings. The Morgan fingerprint density at radius 1 is 1.60 bits per heavy atom. The van der Waals surface area contributed by atoms with Gasteiger partial charge < -0.3 is 15.8 Å². The van der Waals surface area contributed by atoms with Crippen LogP contribution in [0.15, 0.2) is 0 Å². The Morgan fingerprint density at radius 2 is 2.27 bits per heavy atom. The number of nitrogens with one attached hydrogen (secondary N) is 1. The maximum absolute atomic E-state index is 11.5. The smallest absolute Gasteiger partial charge is 0.239 e. The summed E-state index contributed by atoms with van der Waals surface area (Å²) in [5, 5.41) is 2.95. The Kier molecular flexibility index (Phi) is 2.98. The van der Waals surface area contributed by atoms with E-state index in [1.165, 1.54) is 25.7 Å². The Labute approximate surface area is 90.5 Å². The quantitative estimate of drug-likeness (QED) is 0.664. The number of ether oxygens (including phenoxy) is 1. The lowest BCUT2D eigenvalue weighted by atomic mass is 10.0. The number of rotatable bonds is 6. The highest BCUT2D eigenvalue weighted by atomic mass is 16.5. The van der Waals surface area contributed by atoms with Crippen molar-refractivity contribution < 1.29 is 9.53 Å². The first kappa shape index (κ1) is 10.9. The van der Waals surface area contributed by atoms with Gasteiger partial charge in [0.05, 0.1) is 6.61 Å². The van der Waals surface area contributed by atoms with Gasteiger partial charge in [0.1, 0.15) is 6.04 Å². The van der Waals surface area contributed by atoms with E-state index in [9.17, 15) is 4.79 Å². The highest BCUT2D eigenvalue weighted by Crippen LogP contribution is 2.60. The Hall–Kier alpha value is -0.610. The molecule has 2 rings (SSSR count). The lowest BCUT2D eigenvalue weighted by Crippen LogP contribution is -2.45. The van der Waals surface area contributed by atoms with Crippen LogP contribution in [0.4, 0.5) is 0 Å². The molecule has 0 aromatic rings. The zero-order valence-corrected chi connectivity index (χ0v) is 9.29. The summed E-state index contributed by atoms with van der Waals surface area (Å²) in [5.41, 5.74) is 6.08. The van der Waals surface area contributed by atoms with Crippen molar-refractivity contribution in [2.45, 2.75) is 31.7 Å². The first-order chi connectivity index (χ1) is 7.18. The monoisotopic (exact) mass is 212 g/mol. The van der Waals surface area contributed by atoms with Crippen LogP contribution in [0, 0.1) is 11.3 Å². The molecule has 0 bridgehead atoms. The molecule has 4 nitrogen and oxygen atoms in total. The zero-order valence-electron chi connectivity index (χ0n) is 9.29. The van der Waals surface area contributed by atoms with Crippen LogP contribution in [0.25, 0.3) is 0 Å². The minimum Gasteiger partial charge on any atom is -0.383 e. The minimum atomic E-state index is -0.523. The topological polar surface area (TPSA) is 64.3 Å². The van der Waals surface area contributed by atoms with Crippen molar-refractivity contribution >= 4 is 5.91 Å². The third kappa shape index (κ3) is 2.49. The largest absolute Gasteiger partial charge is 0.383 e. The molecule has 0 radical (unpaired) electrons. The van der Waals surface area contributed by atoms with E-state index in [1.807, 2.05) is 0 Å². The van der Waals surface area contributed by atoms with E-state index in [1.54, 1.807) is 7.11 Å². The van der Waals surface area contributed by atoms with Crippen molar-refractivity contribution in [2.24, 2.45) is 17.1 Å². The first-order valence-corrected chi connectivity index (χ1v) is 5.70. The fourth-order valence-corrected chi connectivity index (χ4v) is 2.24. The average Bonchev–Trinajstić information content (AvgIpc) is 3.04. The predicted octanol–water partition coefficient (Wildman–Crippen LogP) is 0.267. The standard InChI is InChI=1S/C11H20N2O2/c1-15-6-9(12)10(14)13-7-11(4-5-11)8-2-3-8/h8-9H,2-7,12H2,1H3,(H,13,14). The van der Waals surface area contributed by atoms with Gasteiger partial charge in [0.25, 0.3) is 0 Å². The van der Waals surface area contributed by atoms with E-state index in [0.717, 1.165) is 12.5 Å². The van der Waals surface area contributed by atoms with Crippen molar-refractivity contribution in [3.05, 3.63) is 0 Å². The fraction of sp³-hybridized carbons (Fsp3) is 0.909. The second kappa shape index (κ2) is 4.10. The molecular formula is C11H20N2O2. The van der Waals surface area contributed by atoms with Gasteiger partial charge >= 0.3 is 0 Å². The first-order valence-electron chi connectivity index (χ1n) is 5.70. The molecule has 0 spiro atoms. The molecule has 3 N–H and O–H groups in total. The summed E-state index contributed by atoms with van der Waals surface area (Å²) in [6.45, 7) is 1.11. The normalized spacial score (nSPS) is 24.7. The second-order valence-corrected chi connectivity index (χ2v) is 4.92. The van der Waals surface area contributed by atoms with Gasteiger partial charge in [-0.3, -0.25) is 4.79 Å². The van der Waals surface area contributed by atoms with E-state index in [0.29, 0.717) is 12.0 Å². The second-order valence-electron chi connectivity index (χ2n) is 4.92. The molecule has 15 heavy (non-hydrogen) atoms. The van der Waals surface area contributed by atoms with Gasteiger partial charge in [0.15, 0.2) is 0 Å². The molecule has 2 aliphatic rings. The zero-order chi connectivity index (χ0) is 10.9. The number of amides is 1. The van der Waals surface area contributed by atoms with Crippen molar-refractivity contribution in [3.63, 3.8) is 0 Å². The number of hydrogen-bond donors (Lipinski definition) is 2. The maximum atomic E-state index is 11.5. The fourth-order valence-electron chi connectivity index (χ4n) is 2.24. The molecule has 2 aliphatic carbocycles. The number of methoxy groups -OCH3 is 1. The van der Waals surface area contributed by atoms with E-state index in [4.69, 9.17) is 10.5 Å². The molecule has 4 heteroatoms. The molecule has 0 heterocycles. The predicted molar refractivity (Wildman–Crippen MR) is 57.3 cm³/mol. The van der Waals surface area contributed by atoms with E-state index in [-0.39, 0.29) is 5.91 Å². The molecule has 1 unspecified atom stereocenters. The van der Waals surface area contributed by atoms with Gasteiger partial charge in [-0.05, 0) is 37.0 Å². The van der Waals surface area contributed by atoms with Crippen molar-refractivity contribution in [2.75, 3.05) is 20.3 Å². The lowest BCUT2D eigenvalue weighted by Gasteiger charge is -2.17. The van der Waals surface area contributed by atoms with Crippen LogP contribution in [-0.2, 0) is 9.53 Å². The van der Waals surface area contributed by atoms with Crippen molar-refractivity contribution in [1.82, 2.24) is 5.32 Å². The molecule has 0 saturated heterocycles. The Morgan fingerprint density at radius 3 is 2.73 bits per heavy atom. The van der Waals surface area contributed by atoms with E-state index >= 15 is 0 Å². The number of nitrogens with two attached hydrogens (primary N) is 1. The van der Waals surface area contributed by atoms with Gasteiger partial charge in [0, 0.05) is 13.7 Å². The number of carbonyl (C=O) groups is 1. The molecule has 0 aromatic heterocycles. The van der Waals surface area contributed by atoms with Gasteiger partial charge in [-0.2, -0.15) is 0 Å². The van der Waals surface area contributed by atoms with Crippen molar-refractivity contribution in [3.8, 4) is 0 Å². The van der Waals surface area contributed by atoms with Crippen LogP contribution in [0.3, 0.4) is 0 Å². The molecule has 1 amide bonds. The summed E-state index contributed by atoms with van der Waals surface area (Å²) in [5.74, 6) is 0.792. The van der Waals surface area contributed by atoms with Crippen LogP contribution in [0.2, 0.25) is 0 Å². The summed E-state index contributed by atoms with van der Waals surface area (Å²) in [6.07, 6.45) is 5.24. The lowest BCUT2D eigenvalue weighted by molar-refractivity contribution is -0.123. The van der Waals surface area contributed by atoms with Crippen molar-refractivity contribution in [1.29, 1.82) is 0 Å². The van der Waals surface area contributed by atoms with Crippen LogP contribution < -0.4 is 11.1 Å². The SMILES string of the molecule is COCC(N)C(=O)NCC1(C2CC2)CC1. The van der Waals surface area contributed by atoms with Crippen LogP contribution in [-0.4, -0.2) is 32.2 Å². The molecular weight excluding hydrogens is 192 g/mol. The third-order valence-electron chi connectivity index (χ3n) is 3.63. The van der Waals surface area contributed by atoms with E-state index in [2.05, 4.69) is 5.32 Å². The Bertz CT molecular complexity index is 247. The highest BCUT2D eigenvalue weighted by Gasteiger charge is 2.53. The molecule has 0 aliphatic heterocycles. The van der Waals surface area contributed by atoms with Crippen LogP contribution in [0.1, 0.15) is 25.7 Å². The van der Waals surface area contributed by atoms with Gasteiger partial charge in [-0.15, -0.1) is 0 Å². The molecule has 0 aromatic carbocycles. The summed E-state index contributed by atoms with van der Waals surface area (Å²) < 4.78 is 4.85. The van der Waals surface area contributed by atoms with Gasteiger partial charge in [-0.1, -0.05) is 0 Å². The maximum Gasteiger partial charge on any atom is 0.239 e. The summed E-state index contributed by atoms with van der Waals surface area (Å²) >= 11 is 0.